The van der Waals surface area contributed by atoms with Gasteiger partial charge in [0.2, 0.25) is 0 Å². The second-order valence-electron chi connectivity index (χ2n) is 7.29. The average molecular weight is 422 g/mol. The Bertz CT molecular complexity index is 1170. The number of thiophene rings is 1. The SMILES string of the molecule is Cc1ncc(-c2cc(-c3ccccc3)c3c(N)c([S+](O)C4CCC4)sc3n2)cn1. The zero-order valence-electron chi connectivity index (χ0n) is 16.0. The Kier molecular flexibility index (Phi) is 4.73. The Morgan fingerprint density at radius 1 is 1.10 bits per heavy atom. The van der Waals surface area contributed by atoms with E-state index in [-0.39, 0.29) is 0 Å². The molecule has 146 valence electrons. The maximum absolute atomic E-state index is 10.9. The smallest absolute Gasteiger partial charge is 0.269 e. The molecule has 4 aromatic rings. The first-order valence-corrected chi connectivity index (χ1v) is 11.7. The van der Waals surface area contributed by atoms with Crippen molar-refractivity contribution in [3.63, 3.8) is 0 Å². The van der Waals surface area contributed by atoms with Crippen molar-refractivity contribution in [2.45, 2.75) is 35.6 Å². The number of fused-ring (bicyclic) bond motifs is 1. The monoisotopic (exact) mass is 421 g/mol. The predicted molar refractivity (Wildman–Crippen MR) is 121 cm³/mol. The van der Waals surface area contributed by atoms with Gasteiger partial charge in [0.15, 0.2) is 16.4 Å². The van der Waals surface area contributed by atoms with Crippen LogP contribution in [0.4, 0.5) is 5.69 Å². The van der Waals surface area contributed by atoms with Crippen molar-refractivity contribution < 1.29 is 4.55 Å². The lowest BCUT2D eigenvalue weighted by molar-refractivity contribution is 0.487. The minimum absolute atomic E-state index is 0.329. The largest absolute Gasteiger partial charge is 0.393 e. The van der Waals surface area contributed by atoms with Crippen LogP contribution in [0.15, 0.2) is 53.0 Å². The van der Waals surface area contributed by atoms with Gasteiger partial charge in [0.25, 0.3) is 4.21 Å². The van der Waals surface area contributed by atoms with Gasteiger partial charge in [-0.3, -0.25) is 0 Å². The third-order valence-electron chi connectivity index (χ3n) is 5.38. The summed E-state index contributed by atoms with van der Waals surface area (Å²) in [6, 6.07) is 12.2. The van der Waals surface area contributed by atoms with E-state index in [1.54, 1.807) is 12.4 Å². The molecule has 0 spiro atoms. The molecule has 0 aliphatic heterocycles. The lowest BCUT2D eigenvalue weighted by atomic mass is 10.00. The van der Waals surface area contributed by atoms with Gasteiger partial charge in [-0.05, 0) is 43.4 Å². The van der Waals surface area contributed by atoms with Crippen LogP contribution in [0.1, 0.15) is 25.1 Å². The Morgan fingerprint density at radius 2 is 1.83 bits per heavy atom. The molecule has 3 heterocycles. The molecule has 5 nitrogen and oxygen atoms in total. The molecule has 0 bridgehead atoms. The van der Waals surface area contributed by atoms with Crippen LogP contribution in [0.5, 0.6) is 0 Å². The number of aryl methyl sites for hydroxylation is 1. The summed E-state index contributed by atoms with van der Waals surface area (Å²) in [4.78, 5) is 14.4. The van der Waals surface area contributed by atoms with Crippen LogP contribution in [-0.4, -0.2) is 24.8 Å². The molecule has 3 aromatic heterocycles. The standard InChI is InChI=1S/C22H21N4OS2/c1-13-24-11-15(12-25-13)18-10-17(14-6-3-2-4-7-14)19-20(23)22(28-21(19)26-18)29(27)16-8-5-9-16/h2-4,6-7,10-12,16,27H,5,8-9,23H2,1H3/q+1. The number of aromatic nitrogens is 3. The summed E-state index contributed by atoms with van der Waals surface area (Å²) in [6.07, 6.45) is 6.92. The molecule has 1 aliphatic rings. The molecule has 29 heavy (non-hydrogen) atoms. The normalized spacial score (nSPS) is 15.4. The molecule has 0 amide bonds. The van der Waals surface area contributed by atoms with Crippen molar-refractivity contribution in [3.8, 4) is 22.4 Å². The Hall–Kier alpha value is -2.48. The molecule has 1 fully saturated rings. The Labute approximate surface area is 176 Å². The molecule has 5 rings (SSSR count). The summed E-state index contributed by atoms with van der Waals surface area (Å²) in [5, 5.41) is 1.26. The van der Waals surface area contributed by atoms with E-state index in [0.29, 0.717) is 10.9 Å². The Balaban J connectivity index is 1.73. The maximum atomic E-state index is 10.9. The predicted octanol–water partition coefficient (Wildman–Crippen LogP) is 5.31. The van der Waals surface area contributed by atoms with Crippen LogP contribution in [0, 0.1) is 6.92 Å². The highest BCUT2D eigenvalue weighted by Crippen LogP contribution is 2.45. The third-order valence-corrected chi connectivity index (χ3v) is 8.74. The summed E-state index contributed by atoms with van der Waals surface area (Å²) in [7, 11) is 0. The van der Waals surface area contributed by atoms with Gasteiger partial charge in [0.1, 0.15) is 16.3 Å². The van der Waals surface area contributed by atoms with Crippen LogP contribution in [-0.2, 0) is 11.2 Å². The van der Waals surface area contributed by atoms with E-state index < -0.39 is 11.2 Å². The molecular weight excluding hydrogens is 400 g/mol. The number of benzene rings is 1. The number of nitrogen functional groups attached to an aromatic ring is 1. The Morgan fingerprint density at radius 3 is 2.48 bits per heavy atom. The van der Waals surface area contributed by atoms with Crippen LogP contribution < -0.4 is 5.73 Å². The topological polar surface area (TPSA) is 84.9 Å². The quantitative estimate of drug-likeness (QED) is 0.436. The fraction of sp³-hybridized carbons (Fsp3) is 0.227. The number of hydrogen-bond acceptors (Lipinski definition) is 6. The second kappa shape index (κ2) is 7.40. The van der Waals surface area contributed by atoms with E-state index in [1.165, 1.54) is 17.8 Å². The van der Waals surface area contributed by atoms with Crippen LogP contribution in [0.2, 0.25) is 0 Å². The first-order chi connectivity index (χ1) is 14.1. The first-order valence-electron chi connectivity index (χ1n) is 9.61. The summed E-state index contributed by atoms with van der Waals surface area (Å²) in [5.41, 5.74) is 11.0. The van der Waals surface area contributed by atoms with Crippen LogP contribution in [0.3, 0.4) is 0 Å². The zero-order chi connectivity index (χ0) is 20.0. The molecule has 1 unspecified atom stereocenters. The van der Waals surface area contributed by atoms with Crippen LogP contribution in [0.25, 0.3) is 32.6 Å². The molecular formula is C22H21N4OS2+. The minimum Gasteiger partial charge on any atom is -0.393 e. The number of nitrogens with zero attached hydrogens (tertiary/aromatic N) is 3. The van der Waals surface area contributed by atoms with Gasteiger partial charge in [0, 0.05) is 23.3 Å². The number of nitrogens with two attached hydrogens (primary N) is 1. The number of anilines is 1. The highest BCUT2D eigenvalue weighted by Gasteiger charge is 2.41. The molecule has 1 saturated carbocycles. The van der Waals surface area contributed by atoms with Gasteiger partial charge >= 0.3 is 0 Å². The van der Waals surface area contributed by atoms with E-state index >= 15 is 0 Å². The molecule has 3 N–H and O–H groups in total. The van der Waals surface area contributed by atoms with Gasteiger partial charge in [-0.1, -0.05) is 41.7 Å². The zero-order valence-corrected chi connectivity index (χ0v) is 17.6. The maximum Gasteiger partial charge on any atom is 0.269 e. The molecule has 1 aromatic carbocycles. The number of pyridine rings is 1. The lowest BCUT2D eigenvalue weighted by Gasteiger charge is -2.19. The molecule has 1 aliphatic carbocycles. The second-order valence-corrected chi connectivity index (χ2v) is 10.3. The third kappa shape index (κ3) is 3.29. The van der Waals surface area contributed by atoms with E-state index in [9.17, 15) is 4.55 Å². The van der Waals surface area contributed by atoms with E-state index in [2.05, 4.69) is 28.2 Å². The van der Waals surface area contributed by atoms with Crippen molar-refractivity contribution in [1.82, 2.24) is 15.0 Å². The summed E-state index contributed by atoms with van der Waals surface area (Å²) in [6.45, 7) is 1.87. The van der Waals surface area contributed by atoms with Gasteiger partial charge in [-0.15, -0.1) is 0 Å². The fourth-order valence-corrected chi connectivity index (χ4v) is 6.77. The first kappa shape index (κ1) is 18.5. The average Bonchev–Trinajstić information content (AvgIpc) is 3.04. The number of rotatable bonds is 4. The lowest BCUT2D eigenvalue weighted by Crippen LogP contribution is -2.28. The van der Waals surface area contributed by atoms with Gasteiger partial charge < -0.3 is 5.73 Å². The van der Waals surface area contributed by atoms with Gasteiger partial charge in [-0.25, -0.2) is 15.0 Å². The fourth-order valence-electron chi connectivity index (χ4n) is 3.52. The van der Waals surface area contributed by atoms with Gasteiger partial charge in [-0.2, -0.15) is 4.55 Å². The van der Waals surface area contributed by atoms with E-state index in [0.717, 1.165) is 55.5 Å². The molecule has 0 radical (unpaired) electrons. The van der Waals surface area contributed by atoms with Crippen molar-refractivity contribution in [3.05, 3.63) is 54.6 Å². The molecule has 0 saturated heterocycles. The highest BCUT2D eigenvalue weighted by molar-refractivity contribution is 7.94. The summed E-state index contributed by atoms with van der Waals surface area (Å²) in [5.74, 6) is 0.727. The summed E-state index contributed by atoms with van der Waals surface area (Å²) < 4.78 is 11.8. The number of hydrogen-bond donors (Lipinski definition) is 2. The van der Waals surface area contributed by atoms with Crippen LogP contribution >= 0.6 is 11.3 Å². The van der Waals surface area contributed by atoms with E-state index in [1.807, 2.05) is 25.1 Å². The minimum atomic E-state index is -0.826. The van der Waals surface area contributed by atoms with Crippen molar-refractivity contribution in [2.75, 3.05) is 5.73 Å². The molecule has 7 heteroatoms. The van der Waals surface area contributed by atoms with Crippen molar-refractivity contribution >= 4 is 38.4 Å². The van der Waals surface area contributed by atoms with Crippen molar-refractivity contribution in [1.29, 1.82) is 0 Å². The molecule has 1 atom stereocenters. The van der Waals surface area contributed by atoms with Gasteiger partial charge in [0.05, 0.1) is 5.69 Å². The highest BCUT2D eigenvalue weighted by atomic mass is 32.2. The summed E-state index contributed by atoms with van der Waals surface area (Å²) >= 11 is 0.690. The van der Waals surface area contributed by atoms with E-state index in [4.69, 9.17) is 10.7 Å². The van der Waals surface area contributed by atoms with Crippen molar-refractivity contribution in [2.24, 2.45) is 0 Å².